The van der Waals surface area contributed by atoms with Crippen LogP contribution >= 0.6 is 0 Å². The van der Waals surface area contributed by atoms with E-state index in [1.807, 2.05) is 0 Å². The normalized spacial score (nSPS) is 11.1. The van der Waals surface area contributed by atoms with Gasteiger partial charge in [-0.15, -0.1) is 0 Å². The van der Waals surface area contributed by atoms with Crippen molar-refractivity contribution in [3.63, 3.8) is 0 Å². The fraction of sp³-hybridized carbons (Fsp3) is 0. The molecule has 0 fully saturated rings. The first kappa shape index (κ1) is 46.6. The molecule has 0 radical (unpaired) electrons. The van der Waals surface area contributed by atoms with E-state index in [1.54, 1.807) is 0 Å². The van der Waals surface area contributed by atoms with Crippen molar-refractivity contribution in [2.24, 2.45) is 0 Å². The van der Waals surface area contributed by atoms with E-state index in [9.17, 15) is 0 Å². The van der Waals surface area contributed by atoms with Crippen LogP contribution in [-0.2, 0) is 0 Å². The highest BCUT2D eigenvalue weighted by atomic mass is 15.2. The molecule has 0 aliphatic heterocycles. The van der Waals surface area contributed by atoms with Gasteiger partial charge in [-0.3, -0.25) is 0 Å². The molecular weight excluding hydrogens is 931 g/mol. The molecule has 0 spiro atoms. The Morgan fingerprint density at radius 1 is 0.156 bits per heavy atom. The number of hydrogen-bond acceptors (Lipinski definition) is 3. The molecular formula is C74H53N3. The van der Waals surface area contributed by atoms with E-state index >= 15 is 0 Å². The number of hydrogen-bond donors (Lipinski definition) is 0. The van der Waals surface area contributed by atoms with Crippen LogP contribution in [0.1, 0.15) is 0 Å². The van der Waals surface area contributed by atoms with Crippen LogP contribution in [0.5, 0.6) is 0 Å². The van der Waals surface area contributed by atoms with Crippen molar-refractivity contribution in [1.82, 2.24) is 0 Å². The van der Waals surface area contributed by atoms with Gasteiger partial charge in [0, 0.05) is 56.3 Å². The number of nitrogens with zero attached hydrogens (tertiary/aromatic N) is 3. The number of fused-ring (bicyclic) bond motifs is 2. The van der Waals surface area contributed by atoms with Crippen molar-refractivity contribution in [1.29, 1.82) is 0 Å². The van der Waals surface area contributed by atoms with Crippen LogP contribution in [-0.4, -0.2) is 0 Å². The quantitative estimate of drug-likeness (QED) is 0.107. The Kier molecular flexibility index (Phi) is 12.7. The SMILES string of the molecule is c1ccc(-c2ccc(-c3c4cc(-c5ccccc5)ccc4c(N(c4ccc(N(c5ccccc5)c5ccccc5)cc4)c4ccc(N(c5ccccc5)c5ccccc5)cc4)c4cc(-c5ccccc5)ccc34)cc2)cc1. The molecule has 0 aromatic heterocycles. The average molecular weight is 984 g/mol. The van der Waals surface area contributed by atoms with Gasteiger partial charge in [0.05, 0.1) is 5.69 Å². The van der Waals surface area contributed by atoms with Gasteiger partial charge in [-0.25, -0.2) is 0 Å². The van der Waals surface area contributed by atoms with Gasteiger partial charge in [0.1, 0.15) is 0 Å². The van der Waals surface area contributed by atoms with E-state index in [1.165, 1.54) is 33.0 Å². The monoisotopic (exact) mass is 983 g/mol. The molecule has 3 nitrogen and oxygen atoms in total. The zero-order chi connectivity index (χ0) is 51.3. The van der Waals surface area contributed by atoms with Gasteiger partial charge < -0.3 is 14.7 Å². The lowest BCUT2D eigenvalue weighted by Gasteiger charge is -2.32. The molecule has 13 aromatic rings. The van der Waals surface area contributed by atoms with E-state index in [-0.39, 0.29) is 0 Å². The summed E-state index contributed by atoms with van der Waals surface area (Å²) in [5, 5.41) is 4.63. The summed E-state index contributed by atoms with van der Waals surface area (Å²) in [7, 11) is 0. The fourth-order valence-corrected chi connectivity index (χ4v) is 10.9. The van der Waals surface area contributed by atoms with Crippen LogP contribution < -0.4 is 14.7 Å². The third-order valence-electron chi connectivity index (χ3n) is 14.6. The van der Waals surface area contributed by atoms with Gasteiger partial charge in [-0.1, -0.05) is 212 Å². The molecule has 0 amide bonds. The second-order valence-electron chi connectivity index (χ2n) is 19.3. The minimum atomic E-state index is 1.03. The van der Waals surface area contributed by atoms with Gasteiger partial charge in [-0.05, 0) is 164 Å². The van der Waals surface area contributed by atoms with Gasteiger partial charge in [-0.2, -0.15) is 0 Å². The number of para-hydroxylation sites is 4. The maximum atomic E-state index is 2.49. The molecule has 0 N–H and O–H groups in total. The molecule has 0 unspecified atom stereocenters. The topological polar surface area (TPSA) is 9.72 Å². The zero-order valence-electron chi connectivity index (χ0n) is 42.4. The summed E-state index contributed by atoms with van der Waals surface area (Å²) < 4.78 is 0. The predicted octanol–water partition coefficient (Wildman–Crippen LogP) is 21.1. The summed E-state index contributed by atoms with van der Waals surface area (Å²) in [6.45, 7) is 0. The fourth-order valence-electron chi connectivity index (χ4n) is 10.9. The molecule has 0 saturated carbocycles. The summed E-state index contributed by atoms with van der Waals surface area (Å²) >= 11 is 0. The van der Waals surface area contributed by atoms with E-state index in [2.05, 4.69) is 336 Å². The van der Waals surface area contributed by atoms with E-state index in [4.69, 9.17) is 0 Å². The molecule has 0 saturated heterocycles. The summed E-state index contributed by atoms with van der Waals surface area (Å²) in [5.74, 6) is 0. The molecule has 0 aliphatic carbocycles. The van der Waals surface area contributed by atoms with Crippen molar-refractivity contribution < 1.29 is 0 Å². The van der Waals surface area contributed by atoms with Crippen molar-refractivity contribution in [3.8, 4) is 44.5 Å². The maximum absolute atomic E-state index is 2.49. The Morgan fingerprint density at radius 2 is 0.416 bits per heavy atom. The Morgan fingerprint density at radius 3 is 0.792 bits per heavy atom. The molecule has 13 rings (SSSR count). The average Bonchev–Trinajstić information content (AvgIpc) is 3.60. The van der Waals surface area contributed by atoms with E-state index in [0.717, 1.165) is 84.2 Å². The maximum Gasteiger partial charge on any atom is 0.0619 e. The van der Waals surface area contributed by atoms with Crippen LogP contribution in [0, 0.1) is 0 Å². The summed E-state index contributed by atoms with van der Waals surface area (Å²) in [6, 6.07) is 116. The first-order valence-corrected chi connectivity index (χ1v) is 26.3. The summed E-state index contributed by atoms with van der Waals surface area (Å²) in [5.41, 5.74) is 19.0. The van der Waals surface area contributed by atoms with Crippen molar-refractivity contribution in [3.05, 3.63) is 322 Å². The van der Waals surface area contributed by atoms with E-state index < -0.39 is 0 Å². The molecule has 3 heteroatoms. The number of rotatable bonds is 13. The highest BCUT2D eigenvalue weighted by Crippen LogP contribution is 2.51. The highest BCUT2D eigenvalue weighted by Gasteiger charge is 2.25. The molecule has 0 heterocycles. The van der Waals surface area contributed by atoms with Crippen LogP contribution in [0.4, 0.5) is 51.2 Å². The van der Waals surface area contributed by atoms with Gasteiger partial charge in [0.2, 0.25) is 0 Å². The molecule has 77 heavy (non-hydrogen) atoms. The van der Waals surface area contributed by atoms with Gasteiger partial charge in [0.15, 0.2) is 0 Å². The number of anilines is 9. The first-order chi connectivity index (χ1) is 38.2. The van der Waals surface area contributed by atoms with Crippen LogP contribution in [0.25, 0.3) is 66.1 Å². The van der Waals surface area contributed by atoms with Gasteiger partial charge in [0.25, 0.3) is 0 Å². The third-order valence-corrected chi connectivity index (χ3v) is 14.6. The van der Waals surface area contributed by atoms with Crippen molar-refractivity contribution in [2.75, 3.05) is 14.7 Å². The molecule has 0 aliphatic rings. The smallest absolute Gasteiger partial charge is 0.0619 e. The standard InChI is InChI=1S/C74H53N3/c1-8-22-54(23-9-1)57-36-38-58(39-37-57)73-69-50-40-60(56-26-12-3-13-27-56)53-72(69)74(70-51-41-59(52-71(70)73)55-24-10-2-11-25-55)77(67-46-42-65(43-47-67)75(61-28-14-4-15-29-61)62-30-16-5-17-31-62)68-48-44-66(45-49-68)76(63-32-18-6-19-33-63)64-34-20-7-21-35-64/h1-53H. The minimum Gasteiger partial charge on any atom is -0.311 e. The molecule has 0 bridgehead atoms. The Balaban J connectivity index is 1.08. The first-order valence-electron chi connectivity index (χ1n) is 26.3. The van der Waals surface area contributed by atoms with Crippen molar-refractivity contribution in [2.45, 2.75) is 0 Å². The Labute approximate surface area is 451 Å². The van der Waals surface area contributed by atoms with Crippen LogP contribution in [0.3, 0.4) is 0 Å². The highest BCUT2D eigenvalue weighted by molar-refractivity contribution is 6.23. The lowest BCUT2D eigenvalue weighted by Crippen LogP contribution is -2.14. The zero-order valence-corrected chi connectivity index (χ0v) is 42.4. The predicted molar refractivity (Wildman–Crippen MR) is 327 cm³/mol. The third kappa shape index (κ3) is 9.28. The molecule has 364 valence electrons. The number of benzene rings is 13. The van der Waals surface area contributed by atoms with E-state index in [0.29, 0.717) is 0 Å². The Hall–Kier alpha value is -10.2. The lowest BCUT2D eigenvalue weighted by molar-refractivity contribution is 1.25. The summed E-state index contributed by atoms with van der Waals surface area (Å²) in [4.78, 5) is 7.14. The van der Waals surface area contributed by atoms with Crippen molar-refractivity contribution >= 4 is 72.7 Å². The van der Waals surface area contributed by atoms with Gasteiger partial charge >= 0.3 is 0 Å². The lowest BCUT2D eigenvalue weighted by atomic mass is 9.86. The van der Waals surface area contributed by atoms with Crippen LogP contribution in [0.15, 0.2) is 322 Å². The summed E-state index contributed by atoms with van der Waals surface area (Å²) in [6.07, 6.45) is 0. The second kappa shape index (κ2) is 21.0. The van der Waals surface area contributed by atoms with Crippen LogP contribution in [0.2, 0.25) is 0 Å². The molecule has 0 atom stereocenters. The molecule has 13 aromatic carbocycles. The second-order valence-corrected chi connectivity index (χ2v) is 19.3. The largest absolute Gasteiger partial charge is 0.311 e. The minimum absolute atomic E-state index is 1.03. The Bertz CT molecular complexity index is 3870.